The molecule has 3 N–H and O–H groups in total. The van der Waals surface area contributed by atoms with Gasteiger partial charge in [0.15, 0.2) is 0 Å². The van der Waals surface area contributed by atoms with E-state index in [9.17, 15) is 9.59 Å². The van der Waals surface area contributed by atoms with E-state index in [1.807, 2.05) is 30.3 Å². The molecule has 0 radical (unpaired) electrons. The molecule has 0 aliphatic carbocycles. The second-order valence-electron chi connectivity index (χ2n) is 5.65. The third kappa shape index (κ3) is 5.37. The lowest BCUT2D eigenvalue weighted by Crippen LogP contribution is -2.48. The van der Waals surface area contributed by atoms with Gasteiger partial charge in [-0.2, -0.15) is 0 Å². The Hall–Kier alpha value is -2.08. The van der Waals surface area contributed by atoms with Crippen LogP contribution in [0.3, 0.4) is 0 Å². The molecule has 1 fully saturated rings. The van der Waals surface area contributed by atoms with Crippen LogP contribution in [0.1, 0.15) is 12.0 Å². The summed E-state index contributed by atoms with van der Waals surface area (Å²) in [6.45, 7) is 3.57. The third-order valence-corrected chi connectivity index (χ3v) is 3.69. The van der Waals surface area contributed by atoms with E-state index in [-0.39, 0.29) is 11.9 Å². The lowest BCUT2D eigenvalue weighted by molar-refractivity contribution is -0.121. The quantitative estimate of drug-likeness (QED) is 0.689. The fraction of sp³-hybridized carbons (Fsp3) is 0.500. The molecule has 0 bridgehead atoms. The first-order valence-electron chi connectivity index (χ1n) is 7.65. The Labute approximate surface area is 131 Å². The van der Waals surface area contributed by atoms with Crippen molar-refractivity contribution in [2.75, 3.05) is 33.2 Å². The molecule has 1 heterocycles. The number of hydrogen-bond donors (Lipinski definition) is 3. The Kier molecular flexibility index (Phi) is 6.21. The normalized spacial score (nSPS) is 14.0. The van der Waals surface area contributed by atoms with Gasteiger partial charge in [0.05, 0.1) is 0 Å². The first-order valence-corrected chi connectivity index (χ1v) is 7.65. The third-order valence-electron chi connectivity index (χ3n) is 3.69. The molecule has 0 aromatic heterocycles. The molecule has 0 unspecified atom stereocenters. The largest absolute Gasteiger partial charge is 0.356 e. The maximum absolute atomic E-state index is 11.9. The van der Waals surface area contributed by atoms with Crippen molar-refractivity contribution in [2.24, 2.45) is 5.92 Å². The highest BCUT2D eigenvalue weighted by Gasteiger charge is 2.17. The molecule has 1 saturated heterocycles. The van der Waals surface area contributed by atoms with Crippen LogP contribution in [0.4, 0.5) is 4.79 Å². The van der Waals surface area contributed by atoms with Gasteiger partial charge < -0.3 is 20.9 Å². The molecule has 1 aromatic rings. The SMILES string of the molecule is CN(Cc1ccccc1)C(=O)NCCC(=O)NCC1CNC1. The van der Waals surface area contributed by atoms with Crippen molar-refractivity contribution in [1.29, 1.82) is 0 Å². The summed E-state index contributed by atoms with van der Waals surface area (Å²) in [5.41, 5.74) is 1.08. The van der Waals surface area contributed by atoms with Crippen molar-refractivity contribution >= 4 is 11.9 Å². The van der Waals surface area contributed by atoms with E-state index in [0.717, 1.165) is 18.7 Å². The molecule has 0 atom stereocenters. The van der Waals surface area contributed by atoms with Gasteiger partial charge in [0.1, 0.15) is 0 Å². The van der Waals surface area contributed by atoms with E-state index >= 15 is 0 Å². The van der Waals surface area contributed by atoms with Gasteiger partial charge in [-0.15, -0.1) is 0 Å². The summed E-state index contributed by atoms with van der Waals surface area (Å²) in [5, 5.41) is 8.81. The molecule has 2 rings (SSSR count). The van der Waals surface area contributed by atoms with Gasteiger partial charge in [-0.3, -0.25) is 4.79 Å². The highest BCUT2D eigenvalue weighted by atomic mass is 16.2. The van der Waals surface area contributed by atoms with Crippen molar-refractivity contribution < 1.29 is 9.59 Å². The molecule has 6 heteroatoms. The minimum absolute atomic E-state index is 0.0158. The van der Waals surface area contributed by atoms with E-state index in [4.69, 9.17) is 0 Å². The van der Waals surface area contributed by atoms with E-state index in [1.165, 1.54) is 0 Å². The Balaban J connectivity index is 1.59. The summed E-state index contributed by atoms with van der Waals surface area (Å²) in [4.78, 5) is 25.2. The zero-order valence-corrected chi connectivity index (χ0v) is 13.0. The summed E-state index contributed by atoms with van der Waals surface area (Å²) in [7, 11) is 1.74. The number of amides is 3. The zero-order chi connectivity index (χ0) is 15.8. The Morgan fingerprint density at radius 3 is 2.59 bits per heavy atom. The Morgan fingerprint density at radius 2 is 1.95 bits per heavy atom. The van der Waals surface area contributed by atoms with Crippen LogP contribution in [0, 0.1) is 5.92 Å². The molecule has 22 heavy (non-hydrogen) atoms. The van der Waals surface area contributed by atoms with Crippen molar-refractivity contribution in [3.8, 4) is 0 Å². The highest BCUT2D eigenvalue weighted by molar-refractivity contribution is 5.78. The van der Waals surface area contributed by atoms with Gasteiger partial charge in [0, 0.05) is 52.1 Å². The van der Waals surface area contributed by atoms with Crippen LogP contribution in [-0.4, -0.2) is 50.1 Å². The lowest BCUT2D eigenvalue weighted by atomic mass is 10.0. The average Bonchev–Trinajstić information content (AvgIpc) is 2.46. The van der Waals surface area contributed by atoms with Crippen LogP contribution in [-0.2, 0) is 11.3 Å². The number of rotatable bonds is 7. The molecular formula is C16H24N4O2. The van der Waals surface area contributed by atoms with E-state index in [1.54, 1.807) is 11.9 Å². The molecular weight excluding hydrogens is 280 g/mol. The molecule has 1 aliphatic heterocycles. The summed E-state index contributed by atoms with van der Waals surface area (Å²) < 4.78 is 0. The molecule has 3 amide bonds. The topological polar surface area (TPSA) is 73.5 Å². The second-order valence-corrected chi connectivity index (χ2v) is 5.65. The first-order chi connectivity index (χ1) is 10.6. The first kappa shape index (κ1) is 16.3. The van der Waals surface area contributed by atoms with Gasteiger partial charge in [-0.1, -0.05) is 30.3 Å². The van der Waals surface area contributed by atoms with Crippen LogP contribution >= 0.6 is 0 Å². The molecule has 6 nitrogen and oxygen atoms in total. The van der Waals surface area contributed by atoms with E-state index in [0.29, 0.717) is 32.0 Å². The van der Waals surface area contributed by atoms with Crippen LogP contribution in [0.15, 0.2) is 30.3 Å². The fourth-order valence-corrected chi connectivity index (χ4v) is 2.19. The fourth-order valence-electron chi connectivity index (χ4n) is 2.19. The van der Waals surface area contributed by atoms with Crippen molar-refractivity contribution in [3.63, 3.8) is 0 Å². The van der Waals surface area contributed by atoms with Crippen molar-refractivity contribution in [1.82, 2.24) is 20.9 Å². The van der Waals surface area contributed by atoms with E-state index in [2.05, 4.69) is 16.0 Å². The minimum atomic E-state index is -0.167. The number of hydrogen-bond acceptors (Lipinski definition) is 3. The summed E-state index contributed by atoms with van der Waals surface area (Å²) >= 11 is 0. The molecule has 1 aromatic carbocycles. The number of carbonyl (C=O) groups excluding carboxylic acids is 2. The number of nitrogens with one attached hydrogen (secondary N) is 3. The van der Waals surface area contributed by atoms with Crippen molar-refractivity contribution in [3.05, 3.63) is 35.9 Å². The predicted octanol–water partition coefficient (Wildman–Crippen LogP) is 0.554. The maximum Gasteiger partial charge on any atom is 0.317 e. The molecule has 0 saturated carbocycles. The predicted molar refractivity (Wildman–Crippen MR) is 85.3 cm³/mol. The summed E-state index contributed by atoms with van der Waals surface area (Å²) in [6, 6.07) is 9.63. The van der Waals surface area contributed by atoms with Gasteiger partial charge in [-0.05, 0) is 5.56 Å². The van der Waals surface area contributed by atoms with Gasteiger partial charge in [0.2, 0.25) is 5.91 Å². The summed E-state index contributed by atoms with van der Waals surface area (Å²) in [5.74, 6) is 0.536. The molecule has 1 aliphatic rings. The minimum Gasteiger partial charge on any atom is -0.356 e. The Bertz CT molecular complexity index is 488. The average molecular weight is 304 g/mol. The standard InChI is InChI=1S/C16H24N4O2/c1-20(12-13-5-3-2-4-6-13)16(22)18-8-7-15(21)19-11-14-9-17-10-14/h2-6,14,17H,7-12H2,1H3,(H,18,22)(H,19,21). The van der Waals surface area contributed by atoms with Crippen LogP contribution in [0.5, 0.6) is 0 Å². The smallest absolute Gasteiger partial charge is 0.317 e. The number of carbonyl (C=O) groups is 2. The van der Waals surface area contributed by atoms with Crippen LogP contribution in [0.2, 0.25) is 0 Å². The van der Waals surface area contributed by atoms with Crippen LogP contribution < -0.4 is 16.0 Å². The number of nitrogens with zero attached hydrogens (tertiary/aromatic N) is 1. The van der Waals surface area contributed by atoms with Gasteiger partial charge in [-0.25, -0.2) is 4.79 Å². The zero-order valence-electron chi connectivity index (χ0n) is 13.0. The second kappa shape index (κ2) is 8.38. The summed E-state index contributed by atoms with van der Waals surface area (Å²) in [6.07, 6.45) is 0.311. The monoisotopic (exact) mass is 304 g/mol. The Morgan fingerprint density at radius 1 is 1.23 bits per heavy atom. The van der Waals surface area contributed by atoms with Crippen LogP contribution in [0.25, 0.3) is 0 Å². The lowest BCUT2D eigenvalue weighted by Gasteiger charge is -2.27. The molecule has 120 valence electrons. The van der Waals surface area contributed by atoms with Gasteiger partial charge >= 0.3 is 6.03 Å². The number of urea groups is 1. The van der Waals surface area contributed by atoms with Crippen molar-refractivity contribution in [2.45, 2.75) is 13.0 Å². The molecule has 0 spiro atoms. The highest BCUT2D eigenvalue weighted by Crippen LogP contribution is 2.02. The number of benzene rings is 1. The maximum atomic E-state index is 11.9. The van der Waals surface area contributed by atoms with Gasteiger partial charge in [0.25, 0.3) is 0 Å². The van der Waals surface area contributed by atoms with E-state index < -0.39 is 0 Å².